The van der Waals surface area contributed by atoms with Crippen LogP contribution < -0.4 is 10.5 Å². The first-order valence-electron chi connectivity index (χ1n) is 7.02. The Kier molecular flexibility index (Phi) is 4.00. The van der Waals surface area contributed by atoms with E-state index in [4.69, 9.17) is 16.7 Å². The highest BCUT2D eigenvalue weighted by Gasteiger charge is 2.26. The monoisotopic (exact) mass is 318 g/mol. The molecule has 0 radical (unpaired) electrons. The highest BCUT2D eigenvalue weighted by molar-refractivity contribution is 6.30. The number of benzene rings is 1. The molecule has 0 spiro atoms. The van der Waals surface area contributed by atoms with Crippen LogP contribution in [-0.2, 0) is 6.54 Å². The molecular weight excluding hydrogens is 304 g/mol. The van der Waals surface area contributed by atoms with Gasteiger partial charge in [0.1, 0.15) is 5.82 Å². The fraction of sp³-hybridized carbons (Fsp3) is 0.250. The molecule has 0 unspecified atom stereocenters. The minimum absolute atomic E-state index is 0.0301. The number of nitrogens with zero attached hydrogens (tertiary/aromatic N) is 2. The summed E-state index contributed by atoms with van der Waals surface area (Å²) in [4.78, 5) is 26.6. The maximum absolute atomic E-state index is 12.7. The van der Waals surface area contributed by atoms with E-state index in [1.54, 1.807) is 34.9 Å². The molecule has 22 heavy (non-hydrogen) atoms. The summed E-state index contributed by atoms with van der Waals surface area (Å²) >= 11 is 5.85. The van der Waals surface area contributed by atoms with Gasteiger partial charge in [0, 0.05) is 36.3 Å². The van der Waals surface area contributed by atoms with Gasteiger partial charge in [0.25, 0.3) is 5.56 Å². The van der Waals surface area contributed by atoms with Crippen molar-refractivity contribution in [2.75, 3.05) is 24.6 Å². The first-order valence-corrected chi connectivity index (χ1v) is 7.39. The summed E-state index contributed by atoms with van der Waals surface area (Å²) in [5, 5.41) is 9.73. The van der Waals surface area contributed by atoms with E-state index >= 15 is 0 Å². The van der Waals surface area contributed by atoms with Crippen molar-refractivity contribution >= 4 is 23.2 Å². The maximum Gasteiger partial charge on any atom is 0.252 e. The Morgan fingerprint density at radius 3 is 2.55 bits per heavy atom. The van der Waals surface area contributed by atoms with Gasteiger partial charge in [0.2, 0.25) is 0 Å². The fourth-order valence-electron chi connectivity index (χ4n) is 2.73. The van der Waals surface area contributed by atoms with E-state index in [1.165, 1.54) is 6.07 Å². The minimum atomic E-state index is -0.162. The average Bonchev–Trinajstić information content (AvgIpc) is 2.93. The van der Waals surface area contributed by atoms with Gasteiger partial charge in [-0.15, -0.1) is 0 Å². The van der Waals surface area contributed by atoms with Gasteiger partial charge in [-0.1, -0.05) is 11.6 Å². The van der Waals surface area contributed by atoms with Gasteiger partial charge in [-0.05, 0) is 30.3 Å². The number of aliphatic hydroxyl groups is 1. The van der Waals surface area contributed by atoms with Crippen LogP contribution in [0.1, 0.15) is 15.9 Å². The van der Waals surface area contributed by atoms with E-state index in [0.29, 0.717) is 41.6 Å². The predicted molar refractivity (Wildman–Crippen MR) is 84.9 cm³/mol. The van der Waals surface area contributed by atoms with E-state index in [2.05, 4.69) is 0 Å². The van der Waals surface area contributed by atoms with Crippen LogP contribution in [0.15, 0.2) is 41.2 Å². The first kappa shape index (κ1) is 14.8. The van der Waals surface area contributed by atoms with E-state index in [9.17, 15) is 9.59 Å². The molecule has 5 nitrogen and oxygen atoms in total. The van der Waals surface area contributed by atoms with Crippen molar-refractivity contribution in [1.29, 1.82) is 0 Å². The normalized spacial score (nSPS) is 13.3. The van der Waals surface area contributed by atoms with Crippen molar-refractivity contribution in [3.63, 3.8) is 0 Å². The zero-order chi connectivity index (χ0) is 15.7. The number of aromatic nitrogens is 1. The molecule has 0 saturated carbocycles. The summed E-state index contributed by atoms with van der Waals surface area (Å²) in [5.74, 6) is 0.423. The van der Waals surface area contributed by atoms with Crippen molar-refractivity contribution in [2.45, 2.75) is 6.54 Å². The number of anilines is 1. The predicted octanol–water partition coefficient (Wildman–Crippen LogP) is 1.54. The van der Waals surface area contributed by atoms with Crippen LogP contribution in [-0.4, -0.2) is 35.2 Å². The number of carbonyl (C=O) groups excluding carboxylic acids is 1. The summed E-state index contributed by atoms with van der Waals surface area (Å²) in [6, 6.07) is 9.62. The fourth-order valence-corrected chi connectivity index (χ4v) is 2.85. The molecule has 3 rings (SSSR count). The Hall–Kier alpha value is -2.11. The highest BCUT2D eigenvalue weighted by atomic mass is 35.5. The van der Waals surface area contributed by atoms with Crippen LogP contribution in [0.25, 0.3) is 0 Å². The number of ketones is 1. The van der Waals surface area contributed by atoms with Gasteiger partial charge in [-0.25, -0.2) is 0 Å². The van der Waals surface area contributed by atoms with Gasteiger partial charge in [-0.2, -0.15) is 0 Å². The van der Waals surface area contributed by atoms with Crippen molar-refractivity contribution < 1.29 is 9.90 Å². The number of carbonyl (C=O) groups is 1. The molecule has 0 atom stereocenters. The number of aliphatic hydroxyl groups excluding tert-OH is 1. The smallest absolute Gasteiger partial charge is 0.252 e. The van der Waals surface area contributed by atoms with E-state index in [-0.39, 0.29) is 17.9 Å². The standard InChI is InChI=1S/C16H15ClN2O3/c17-12-3-1-11(2-4-12)15(22)13-5-6-14(21)19-8-7-18(9-10-20)16(13)19/h1-6,20H,7-10H2. The SMILES string of the molecule is O=C(c1ccc(Cl)cc1)c1ccc(=O)n2c1N(CCO)CC2. The van der Waals surface area contributed by atoms with Crippen molar-refractivity contribution in [3.8, 4) is 0 Å². The molecule has 0 fully saturated rings. The Balaban J connectivity index is 2.08. The van der Waals surface area contributed by atoms with E-state index in [0.717, 1.165) is 0 Å². The number of pyridine rings is 1. The van der Waals surface area contributed by atoms with Crippen LogP contribution in [0.4, 0.5) is 5.82 Å². The molecule has 1 N–H and O–H groups in total. The van der Waals surface area contributed by atoms with Gasteiger partial charge in [-0.3, -0.25) is 14.2 Å². The summed E-state index contributed by atoms with van der Waals surface area (Å²) in [7, 11) is 0. The molecule has 1 aliphatic rings. The second-order valence-corrected chi connectivity index (χ2v) is 5.54. The molecule has 6 heteroatoms. The lowest BCUT2D eigenvalue weighted by molar-refractivity contribution is 0.103. The third-order valence-corrected chi connectivity index (χ3v) is 4.02. The Labute approximate surface area is 132 Å². The third kappa shape index (κ3) is 2.53. The zero-order valence-corrected chi connectivity index (χ0v) is 12.6. The summed E-state index contributed by atoms with van der Waals surface area (Å²) in [5.41, 5.74) is 0.845. The second-order valence-electron chi connectivity index (χ2n) is 5.11. The van der Waals surface area contributed by atoms with E-state index < -0.39 is 0 Å². The van der Waals surface area contributed by atoms with Gasteiger partial charge < -0.3 is 10.0 Å². The maximum atomic E-state index is 12.7. The number of hydrogen-bond acceptors (Lipinski definition) is 4. The van der Waals surface area contributed by atoms with Gasteiger partial charge >= 0.3 is 0 Å². The Morgan fingerprint density at radius 2 is 1.86 bits per heavy atom. The number of hydrogen-bond donors (Lipinski definition) is 1. The summed E-state index contributed by atoms with van der Waals surface area (Å²) < 4.78 is 1.58. The van der Waals surface area contributed by atoms with Crippen LogP contribution >= 0.6 is 11.6 Å². The van der Waals surface area contributed by atoms with Gasteiger partial charge in [0.15, 0.2) is 5.78 Å². The van der Waals surface area contributed by atoms with Gasteiger partial charge in [0.05, 0.1) is 12.2 Å². The molecule has 0 aliphatic carbocycles. The van der Waals surface area contributed by atoms with Crippen LogP contribution in [0.5, 0.6) is 0 Å². The first-order chi connectivity index (χ1) is 10.6. The van der Waals surface area contributed by atoms with Crippen molar-refractivity contribution in [2.24, 2.45) is 0 Å². The van der Waals surface area contributed by atoms with Crippen LogP contribution in [0.2, 0.25) is 5.02 Å². The molecular formula is C16H15ClN2O3. The lowest BCUT2D eigenvalue weighted by atomic mass is 10.0. The number of β-amino-alcohol motifs (C(OH)–C–C–N with tert-alkyl or cyclic N) is 1. The molecule has 0 saturated heterocycles. The quantitative estimate of drug-likeness (QED) is 0.869. The molecule has 1 aliphatic heterocycles. The zero-order valence-electron chi connectivity index (χ0n) is 11.8. The lowest BCUT2D eigenvalue weighted by Gasteiger charge is -2.19. The topological polar surface area (TPSA) is 62.5 Å². The molecule has 1 aromatic carbocycles. The third-order valence-electron chi connectivity index (χ3n) is 3.77. The number of halogens is 1. The molecule has 114 valence electrons. The molecule has 0 amide bonds. The van der Waals surface area contributed by atoms with Crippen molar-refractivity contribution in [1.82, 2.24) is 4.57 Å². The lowest BCUT2D eigenvalue weighted by Crippen LogP contribution is -2.27. The summed E-state index contributed by atoms with van der Waals surface area (Å²) in [6.07, 6.45) is 0. The molecule has 2 heterocycles. The average molecular weight is 319 g/mol. The molecule has 0 bridgehead atoms. The van der Waals surface area contributed by atoms with Crippen LogP contribution in [0, 0.1) is 0 Å². The molecule has 1 aromatic heterocycles. The highest BCUT2D eigenvalue weighted by Crippen LogP contribution is 2.26. The Morgan fingerprint density at radius 1 is 1.14 bits per heavy atom. The van der Waals surface area contributed by atoms with Crippen LogP contribution in [0.3, 0.4) is 0 Å². The Bertz CT molecular complexity index is 768. The van der Waals surface area contributed by atoms with Crippen molar-refractivity contribution in [3.05, 3.63) is 62.9 Å². The number of rotatable bonds is 4. The second kappa shape index (κ2) is 5.94. The number of fused-ring (bicyclic) bond motifs is 1. The molecule has 2 aromatic rings. The largest absolute Gasteiger partial charge is 0.395 e. The summed E-state index contributed by atoms with van der Waals surface area (Å²) in [6.45, 7) is 1.50. The van der Waals surface area contributed by atoms with E-state index in [1.807, 2.05) is 4.90 Å². The minimum Gasteiger partial charge on any atom is -0.395 e.